The molecule has 0 bridgehead atoms. The van der Waals surface area contributed by atoms with Crippen molar-refractivity contribution < 1.29 is 24.2 Å². The van der Waals surface area contributed by atoms with Crippen LogP contribution in [0.5, 0.6) is 0 Å². The van der Waals surface area contributed by atoms with Crippen LogP contribution in [0.3, 0.4) is 0 Å². The predicted octanol–water partition coefficient (Wildman–Crippen LogP) is 0.833. The molecule has 0 heterocycles. The first-order chi connectivity index (χ1) is 9.36. The number of ether oxygens (including phenoxy) is 1. The van der Waals surface area contributed by atoms with Crippen molar-refractivity contribution in [1.29, 1.82) is 0 Å². The highest BCUT2D eigenvalue weighted by Crippen LogP contribution is 2.26. The maximum Gasteiger partial charge on any atom is 0.326 e. The molecule has 7 heteroatoms. The van der Waals surface area contributed by atoms with Gasteiger partial charge in [0.2, 0.25) is 0 Å². The zero-order valence-electron chi connectivity index (χ0n) is 12.1. The average molecular weight is 286 g/mol. The highest BCUT2D eigenvalue weighted by molar-refractivity contribution is 5.85. The summed E-state index contributed by atoms with van der Waals surface area (Å²) in [6, 6.07) is -1.49. The second-order valence-electron chi connectivity index (χ2n) is 5.17. The van der Waals surface area contributed by atoms with Crippen molar-refractivity contribution in [3.05, 3.63) is 0 Å². The van der Waals surface area contributed by atoms with Crippen molar-refractivity contribution in [2.45, 2.75) is 45.7 Å². The molecule has 2 amide bonds. The molecule has 0 aromatic heterocycles. The first-order valence-corrected chi connectivity index (χ1v) is 6.82. The summed E-state index contributed by atoms with van der Waals surface area (Å²) in [7, 11) is 0. The summed E-state index contributed by atoms with van der Waals surface area (Å²) in [6.45, 7) is 5.23. The van der Waals surface area contributed by atoms with Gasteiger partial charge in [-0.25, -0.2) is 9.59 Å². The summed E-state index contributed by atoms with van der Waals surface area (Å²) in [6.07, 6.45) is 1.65. The van der Waals surface area contributed by atoms with E-state index >= 15 is 0 Å². The zero-order chi connectivity index (χ0) is 15.3. The monoisotopic (exact) mass is 286 g/mol. The van der Waals surface area contributed by atoms with Gasteiger partial charge in [-0.1, -0.05) is 13.8 Å². The van der Waals surface area contributed by atoms with Crippen LogP contribution in [-0.2, 0) is 14.3 Å². The van der Waals surface area contributed by atoms with E-state index in [9.17, 15) is 14.4 Å². The van der Waals surface area contributed by atoms with Gasteiger partial charge in [0.15, 0.2) is 0 Å². The number of urea groups is 1. The minimum Gasteiger partial charge on any atom is -0.480 e. The number of hydrogen-bond donors (Lipinski definition) is 2. The maximum atomic E-state index is 12.1. The second-order valence-corrected chi connectivity index (χ2v) is 5.17. The lowest BCUT2D eigenvalue weighted by Gasteiger charge is -2.25. The lowest BCUT2D eigenvalue weighted by atomic mass is 10.1. The van der Waals surface area contributed by atoms with Gasteiger partial charge in [0.05, 0.1) is 6.61 Å². The molecule has 20 heavy (non-hydrogen) atoms. The van der Waals surface area contributed by atoms with Crippen molar-refractivity contribution in [2.75, 3.05) is 13.2 Å². The number of aliphatic carboxylic acids is 1. The molecule has 1 fully saturated rings. The molecule has 1 aliphatic carbocycles. The Kier molecular flexibility index (Phi) is 5.79. The summed E-state index contributed by atoms with van der Waals surface area (Å²) in [5.74, 6) is -1.80. The minimum absolute atomic E-state index is 0.000938. The zero-order valence-corrected chi connectivity index (χ0v) is 12.1. The van der Waals surface area contributed by atoms with Crippen LogP contribution in [0.15, 0.2) is 0 Å². The largest absolute Gasteiger partial charge is 0.480 e. The molecule has 1 saturated carbocycles. The second kappa shape index (κ2) is 7.12. The predicted molar refractivity (Wildman–Crippen MR) is 71.2 cm³/mol. The number of carbonyl (C=O) groups excluding carboxylic acids is 2. The molecule has 0 aliphatic heterocycles. The number of carboxylic acids is 1. The third-order valence-corrected chi connectivity index (χ3v) is 3.06. The molecule has 7 nitrogen and oxygen atoms in total. The summed E-state index contributed by atoms with van der Waals surface area (Å²) < 4.78 is 4.82. The van der Waals surface area contributed by atoms with Gasteiger partial charge in [-0.3, -0.25) is 4.79 Å². The van der Waals surface area contributed by atoms with E-state index in [-0.39, 0.29) is 25.1 Å². The maximum absolute atomic E-state index is 12.1. The van der Waals surface area contributed by atoms with Crippen molar-refractivity contribution in [1.82, 2.24) is 10.2 Å². The van der Waals surface area contributed by atoms with Crippen LogP contribution >= 0.6 is 0 Å². The summed E-state index contributed by atoms with van der Waals surface area (Å²) >= 11 is 0. The third kappa shape index (κ3) is 4.71. The van der Waals surface area contributed by atoms with Crippen molar-refractivity contribution in [2.24, 2.45) is 5.92 Å². The van der Waals surface area contributed by atoms with Crippen molar-refractivity contribution in [3.63, 3.8) is 0 Å². The number of amides is 2. The van der Waals surface area contributed by atoms with Gasteiger partial charge in [0.25, 0.3) is 0 Å². The van der Waals surface area contributed by atoms with E-state index in [1.165, 1.54) is 4.90 Å². The molecule has 1 rings (SSSR count). The lowest BCUT2D eigenvalue weighted by Crippen LogP contribution is -2.52. The Balaban J connectivity index is 2.64. The lowest BCUT2D eigenvalue weighted by molar-refractivity contribution is -0.143. The molecule has 0 radical (unpaired) electrons. The van der Waals surface area contributed by atoms with E-state index in [1.807, 2.05) is 0 Å². The minimum atomic E-state index is -1.08. The fraction of sp³-hybridized carbons (Fsp3) is 0.769. The molecular weight excluding hydrogens is 264 g/mol. The fourth-order valence-corrected chi connectivity index (χ4v) is 1.83. The van der Waals surface area contributed by atoms with Crippen molar-refractivity contribution in [3.8, 4) is 0 Å². The van der Waals surface area contributed by atoms with Crippen LogP contribution in [0.2, 0.25) is 0 Å². The van der Waals surface area contributed by atoms with E-state index in [0.717, 1.165) is 12.8 Å². The van der Waals surface area contributed by atoms with Gasteiger partial charge >= 0.3 is 18.0 Å². The number of nitrogens with zero attached hydrogens (tertiary/aromatic N) is 1. The van der Waals surface area contributed by atoms with E-state index in [2.05, 4.69) is 5.32 Å². The Hall–Kier alpha value is -1.79. The number of carboxylic acid groups (broad SMARTS) is 1. The smallest absolute Gasteiger partial charge is 0.326 e. The summed E-state index contributed by atoms with van der Waals surface area (Å²) in [4.78, 5) is 36.1. The highest BCUT2D eigenvalue weighted by Gasteiger charge is 2.36. The standard InChI is InChI=1S/C13H22N2O5/c1-4-20-10(16)7-15(9-5-6-9)13(19)14-11(8(2)3)12(17)18/h8-9,11H,4-7H2,1-3H3,(H,14,19)(H,17,18)/t11-/m0/s1. The Morgan fingerprint density at radius 1 is 1.35 bits per heavy atom. The van der Waals surface area contributed by atoms with Gasteiger partial charge in [0, 0.05) is 6.04 Å². The molecule has 0 spiro atoms. The van der Waals surface area contributed by atoms with E-state index < -0.39 is 24.0 Å². The highest BCUT2D eigenvalue weighted by atomic mass is 16.5. The SMILES string of the molecule is CCOC(=O)CN(C(=O)N[C@H](C(=O)O)C(C)C)C1CC1. The van der Waals surface area contributed by atoms with E-state index in [4.69, 9.17) is 9.84 Å². The molecular formula is C13H22N2O5. The van der Waals surface area contributed by atoms with Crippen LogP contribution in [0.25, 0.3) is 0 Å². The molecule has 0 unspecified atom stereocenters. The number of rotatable bonds is 7. The van der Waals surface area contributed by atoms with E-state index in [0.29, 0.717) is 0 Å². The Morgan fingerprint density at radius 2 is 1.95 bits per heavy atom. The summed E-state index contributed by atoms with van der Waals surface area (Å²) in [5, 5.41) is 11.5. The van der Waals surface area contributed by atoms with Crippen molar-refractivity contribution >= 4 is 18.0 Å². The van der Waals surface area contributed by atoms with Crippen LogP contribution in [0.4, 0.5) is 4.79 Å². The molecule has 1 aliphatic rings. The topological polar surface area (TPSA) is 95.9 Å². The summed E-state index contributed by atoms with van der Waals surface area (Å²) in [5.41, 5.74) is 0. The van der Waals surface area contributed by atoms with Crippen LogP contribution in [0, 0.1) is 5.92 Å². The first-order valence-electron chi connectivity index (χ1n) is 6.82. The normalized spacial score (nSPS) is 15.6. The molecule has 0 saturated heterocycles. The van der Waals surface area contributed by atoms with Crippen LogP contribution in [-0.4, -0.2) is 53.2 Å². The van der Waals surface area contributed by atoms with Gasteiger partial charge in [-0.2, -0.15) is 0 Å². The Morgan fingerprint density at radius 3 is 2.35 bits per heavy atom. The van der Waals surface area contributed by atoms with Gasteiger partial charge in [-0.15, -0.1) is 0 Å². The molecule has 0 aromatic carbocycles. The van der Waals surface area contributed by atoms with Crippen LogP contribution < -0.4 is 5.32 Å². The molecule has 1 atom stereocenters. The van der Waals surface area contributed by atoms with Gasteiger partial charge in [0.1, 0.15) is 12.6 Å². The third-order valence-electron chi connectivity index (χ3n) is 3.06. The number of hydrogen-bond acceptors (Lipinski definition) is 4. The average Bonchev–Trinajstić information content (AvgIpc) is 3.16. The fourth-order valence-electron chi connectivity index (χ4n) is 1.83. The quantitative estimate of drug-likeness (QED) is 0.676. The first kappa shape index (κ1) is 16.3. The Bertz CT molecular complexity index is 379. The van der Waals surface area contributed by atoms with Gasteiger partial charge < -0.3 is 20.1 Å². The molecule has 2 N–H and O–H groups in total. The molecule has 0 aromatic rings. The van der Waals surface area contributed by atoms with Crippen LogP contribution in [0.1, 0.15) is 33.6 Å². The Labute approximate surface area is 118 Å². The molecule has 114 valence electrons. The number of carbonyl (C=O) groups is 3. The number of nitrogens with one attached hydrogen (secondary N) is 1. The van der Waals surface area contributed by atoms with E-state index in [1.54, 1.807) is 20.8 Å². The number of esters is 1. The van der Waals surface area contributed by atoms with Gasteiger partial charge in [-0.05, 0) is 25.7 Å².